The van der Waals surface area contributed by atoms with Crippen LogP contribution in [0.1, 0.15) is 11.7 Å². The normalized spacial score (nSPS) is 12.2. The molecule has 5 N–H and O–H groups in total. The van der Waals surface area contributed by atoms with Gasteiger partial charge in [0, 0.05) is 17.3 Å². The van der Waals surface area contributed by atoms with Gasteiger partial charge in [-0.2, -0.15) is 0 Å². The molecule has 0 saturated heterocycles. The van der Waals surface area contributed by atoms with Crippen molar-refractivity contribution in [3.05, 3.63) is 127 Å². The minimum Gasteiger partial charge on any atom is -0.491 e. The number of nitrogens with two attached hydrogens (primary N) is 1. The van der Waals surface area contributed by atoms with Crippen LogP contribution in [0.3, 0.4) is 0 Å². The third kappa shape index (κ3) is 8.87. The van der Waals surface area contributed by atoms with Gasteiger partial charge >= 0.3 is 6.09 Å². The Morgan fingerprint density at radius 1 is 0.829 bits per heavy atom. The van der Waals surface area contributed by atoms with Gasteiger partial charge in [-0.05, 0) is 54.6 Å². The van der Waals surface area contributed by atoms with Crippen molar-refractivity contribution in [2.24, 2.45) is 0 Å². The van der Waals surface area contributed by atoms with Crippen molar-refractivity contribution in [2.75, 3.05) is 29.6 Å². The molecule has 0 aliphatic carbocycles. The lowest BCUT2D eigenvalue weighted by molar-refractivity contribution is -0.112. The molecule has 0 bridgehead atoms. The highest BCUT2D eigenvalue weighted by Gasteiger charge is 2.28. The van der Waals surface area contributed by atoms with Crippen molar-refractivity contribution >= 4 is 29.1 Å². The first-order valence-electron chi connectivity index (χ1n) is 12.9. The SMILES string of the molecule is Nc1ccccc1NC(=O)/C=C/[C@@H](Oc1ccccc1)[C@H](OC(=O)Nc1ccccc1)c1cccc(OCCO)c1. The molecule has 4 rings (SSSR count). The summed E-state index contributed by atoms with van der Waals surface area (Å²) in [6.45, 7) is -0.0662. The Bertz CT molecular complexity index is 1450. The largest absolute Gasteiger partial charge is 0.491 e. The van der Waals surface area contributed by atoms with E-state index in [2.05, 4.69) is 10.6 Å². The summed E-state index contributed by atoms with van der Waals surface area (Å²) in [4.78, 5) is 25.9. The molecule has 41 heavy (non-hydrogen) atoms. The molecular formula is C32H31N3O6. The van der Waals surface area contributed by atoms with Gasteiger partial charge in [-0.25, -0.2) is 4.79 Å². The first kappa shape index (κ1) is 28.7. The Hall–Kier alpha value is -5.28. The van der Waals surface area contributed by atoms with Crippen molar-refractivity contribution in [3.8, 4) is 11.5 Å². The number of rotatable bonds is 12. The average Bonchev–Trinajstić information content (AvgIpc) is 2.99. The summed E-state index contributed by atoms with van der Waals surface area (Å²) in [5, 5.41) is 14.6. The molecule has 9 nitrogen and oxygen atoms in total. The van der Waals surface area contributed by atoms with Gasteiger partial charge in [0.15, 0.2) is 12.2 Å². The van der Waals surface area contributed by atoms with E-state index in [1.54, 1.807) is 84.9 Å². The first-order valence-corrected chi connectivity index (χ1v) is 12.9. The van der Waals surface area contributed by atoms with Crippen LogP contribution in [0.4, 0.5) is 21.9 Å². The number of nitrogens with one attached hydrogen (secondary N) is 2. The molecule has 9 heteroatoms. The number of aliphatic hydroxyl groups is 1. The van der Waals surface area contributed by atoms with Crippen LogP contribution in [0, 0.1) is 0 Å². The van der Waals surface area contributed by atoms with Crippen molar-refractivity contribution in [2.45, 2.75) is 12.2 Å². The number of nitrogen functional groups attached to an aromatic ring is 1. The summed E-state index contributed by atoms with van der Waals surface area (Å²) in [6, 6.07) is 31.7. The van der Waals surface area contributed by atoms with E-state index in [1.165, 1.54) is 12.2 Å². The van der Waals surface area contributed by atoms with E-state index in [-0.39, 0.29) is 13.2 Å². The molecule has 4 aromatic rings. The lowest BCUT2D eigenvalue weighted by Gasteiger charge is -2.26. The fourth-order valence-corrected chi connectivity index (χ4v) is 3.88. The molecule has 2 amide bonds. The molecule has 0 aliphatic heterocycles. The van der Waals surface area contributed by atoms with E-state index >= 15 is 0 Å². The van der Waals surface area contributed by atoms with Crippen molar-refractivity contribution in [1.29, 1.82) is 0 Å². The predicted octanol–water partition coefficient (Wildman–Crippen LogP) is 5.57. The fraction of sp³-hybridized carbons (Fsp3) is 0.125. The Labute approximate surface area is 238 Å². The number of carbonyl (C=O) groups excluding carboxylic acids is 2. The van der Waals surface area contributed by atoms with E-state index < -0.39 is 24.2 Å². The standard InChI is InChI=1S/C32H31N3O6/c33-27-16-7-8-17-28(27)35-30(37)19-18-29(40-25-13-5-2-6-14-25)31(23-10-9-15-26(22-23)39-21-20-36)41-32(38)34-24-11-3-1-4-12-24/h1-19,22,29,31,36H,20-21,33H2,(H,34,38)(H,35,37)/b19-18+/t29-,31-/m1/s1. The maximum atomic E-state index is 13.1. The van der Waals surface area contributed by atoms with Crippen LogP contribution in [0.5, 0.6) is 11.5 Å². The molecule has 210 valence electrons. The summed E-state index contributed by atoms with van der Waals surface area (Å²) in [6.07, 6.45) is 0.147. The maximum absolute atomic E-state index is 13.1. The topological polar surface area (TPSA) is 132 Å². The molecule has 0 radical (unpaired) electrons. The zero-order chi connectivity index (χ0) is 28.9. The smallest absolute Gasteiger partial charge is 0.412 e. The highest BCUT2D eigenvalue weighted by Crippen LogP contribution is 2.30. The van der Waals surface area contributed by atoms with Gasteiger partial charge in [0.05, 0.1) is 18.0 Å². The second kappa shape index (κ2) is 14.8. The van der Waals surface area contributed by atoms with E-state index in [9.17, 15) is 14.7 Å². The molecule has 0 spiro atoms. The number of carbonyl (C=O) groups is 2. The quantitative estimate of drug-likeness (QED) is 0.133. The summed E-state index contributed by atoms with van der Waals surface area (Å²) in [5.74, 6) is 0.519. The predicted molar refractivity (Wildman–Crippen MR) is 158 cm³/mol. The molecular weight excluding hydrogens is 522 g/mol. The molecule has 0 saturated carbocycles. The number of hydrogen-bond acceptors (Lipinski definition) is 7. The van der Waals surface area contributed by atoms with Gasteiger partial charge in [-0.3, -0.25) is 10.1 Å². The number of aliphatic hydroxyl groups excluding tert-OH is 1. The molecule has 0 aromatic heterocycles. The van der Waals surface area contributed by atoms with E-state index in [0.29, 0.717) is 34.1 Å². The second-order valence-corrected chi connectivity index (χ2v) is 8.79. The van der Waals surface area contributed by atoms with Crippen LogP contribution in [-0.4, -0.2) is 36.4 Å². The van der Waals surface area contributed by atoms with Gasteiger partial charge in [0.25, 0.3) is 0 Å². The Morgan fingerprint density at radius 2 is 1.51 bits per heavy atom. The van der Waals surface area contributed by atoms with Crippen LogP contribution >= 0.6 is 0 Å². The van der Waals surface area contributed by atoms with Crippen molar-refractivity contribution in [3.63, 3.8) is 0 Å². The lowest BCUT2D eigenvalue weighted by atomic mass is 10.0. The molecule has 0 fully saturated rings. The van der Waals surface area contributed by atoms with Crippen LogP contribution < -0.4 is 25.8 Å². The number of benzene rings is 4. The second-order valence-electron chi connectivity index (χ2n) is 8.79. The molecule has 0 aliphatic rings. The first-order chi connectivity index (χ1) is 20.0. The van der Waals surface area contributed by atoms with Gasteiger partial charge in [-0.15, -0.1) is 0 Å². The number of para-hydroxylation sites is 4. The van der Waals surface area contributed by atoms with E-state index in [4.69, 9.17) is 19.9 Å². The van der Waals surface area contributed by atoms with Gasteiger partial charge in [-0.1, -0.05) is 60.7 Å². The highest BCUT2D eigenvalue weighted by molar-refractivity contribution is 6.01. The summed E-state index contributed by atoms with van der Waals surface area (Å²) in [7, 11) is 0. The fourth-order valence-electron chi connectivity index (χ4n) is 3.88. The minimum atomic E-state index is -1.01. The molecule has 2 atom stereocenters. The highest BCUT2D eigenvalue weighted by atomic mass is 16.6. The number of hydrogen-bond donors (Lipinski definition) is 4. The Balaban J connectivity index is 1.66. The molecule has 4 aromatic carbocycles. The number of ether oxygens (including phenoxy) is 3. The third-order valence-corrected chi connectivity index (χ3v) is 5.77. The summed E-state index contributed by atoms with van der Waals surface area (Å²) >= 11 is 0. The van der Waals surface area contributed by atoms with Crippen molar-refractivity contribution < 1.29 is 28.9 Å². The van der Waals surface area contributed by atoms with Gasteiger partial charge in [0.1, 0.15) is 18.1 Å². The zero-order valence-electron chi connectivity index (χ0n) is 22.2. The third-order valence-electron chi connectivity index (χ3n) is 5.77. The lowest BCUT2D eigenvalue weighted by Crippen LogP contribution is -2.30. The summed E-state index contributed by atoms with van der Waals surface area (Å²) in [5.41, 5.74) is 7.94. The van der Waals surface area contributed by atoms with Crippen LogP contribution in [0.25, 0.3) is 0 Å². The van der Waals surface area contributed by atoms with Crippen LogP contribution in [0.15, 0.2) is 121 Å². The monoisotopic (exact) mass is 553 g/mol. The Kier molecular flexibility index (Phi) is 10.3. The summed E-state index contributed by atoms with van der Waals surface area (Å²) < 4.78 is 17.8. The van der Waals surface area contributed by atoms with Crippen molar-refractivity contribution in [1.82, 2.24) is 0 Å². The van der Waals surface area contributed by atoms with Crippen LogP contribution in [-0.2, 0) is 9.53 Å². The Morgan fingerprint density at radius 3 is 2.24 bits per heavy atom. The van der Waals surface area contributed by atoms with Gasteiger partial charge < -0.3 is 30.4 Å². The number of amides is 2. The number of anilines is 3. The average molecular weight is 554 g/mol. The molecule has 0 unspecified atom stereocenters. The zero-order valence-corrected chi connectivity index (χ0v) is 22.2. The minimum absolute atomic E-state index is 0.0934. The van der Waals surface area contributed by atoms with E-state index in [0.717, 1.165) is 0 Å². The molecule has 0 heterocycles. The van der Waals surface area contributed by atoms with Gasteiger partial charge in [0.2, 0.25) is 5.91 Å². The maximum Gasteiger partial charge on any atom is 0.412 e. The van der Waals surface area contributed by atoms with Crippen LogP contribution in [0.2, 0.25) is 0 Å². The van der Waals surface area contributed by atoms with E-state index in [1.807, 2.05) is 24.3 Å².